The summed E-state index contributed by atoms with van der Waals surface area (Å²) in [4.78, 5) is 34.2. The Kier molecular flexibility index (Phi) is 4.32. The molecule has 0 fully saturated rings. The van der Waals surface area contributed by atoms with Crippen molar-refractivity contribution in [3.05, 3.63) is 63.3 Å². The number of rotatable bonds is 3. The van der Waals surface area contributed by atoms with Crippen LogP contribution >= 0.6 is 11.6 Å². The molecular weight excluding hydrogens is 392 g/mol. The van der Waals surface area contributed by atoms with Crippen LogP contribution in [0.25, 0.3) is 22.2 Å². The predicted octanol–water partition coefficient (Wildman–Crippen LogP) is 3.71. The molecule has 0 radical (unpaired) electrons. The van der Waals surface area contributed by atoms with Gasteiger partial charge in [0.25, 0.3) is 5.56 Å². The van der Waals surface area contributed by atoms with Gasteiger partial charge in [-0.2, -0.15) is 0 Å². The van der Waals surface area contributed by atoms with Gasteiger partial charge in [0.1, 0.15) is 12.1 Å². The minimum absolute atomic E-state index is 0.122. The van der Waals surface area contributed by atoms with E-state index >= 15 is 0 Å². The van der Waals surface area contributed by atoms with E-state index in [2.05, 4.69) is 15.3 Å². The van der Waals surface area contributed by atoms with Gasteiger partial charge in [0, 0.05) is 16.4 Å². The molecule has 5 rings (SSSR count). The van der Waals surface area contributed by atoms with Crippen molar-refractivity contribution in [1.29, 1.82) is 0 Å². The van der Waals surface area contributed by atoms with Crippen LogP contribution in [-0.4, -0.2) is 20.4 Å². The minimum atomic E-state index is -0.405. The van der Waals surface area contributed by atoms with Crippen molar-refractivity contribution >= 4 is 45.4 Å². The van der Waals surface area contributed by atoms with Crippen LogP contribution in [0.3, 0.4) is 0 Å². The van der Waals surface area contributed by atoms with E-state index in [4.69, 9.17) is 16.0 Å². The molecule has 29 heavy (non-hydrogen) atoms. The third-order valence-corrected chi connectivity index (χ3v) is 5.41. The van der Waals surface area contributed by atoms with Crippen molar-refractivity contribution in [2.45, 2.75) is 32.2 Å². The number of pyridine rings is 1. The second-order valence-electron chi connectivity index (χ2n) is 7.17. The number of fused-ring (bicyclic) bond motifs is 4. The van der Waals surface area contributed by atoms with Gasteiger partial charge in [-0.3, -0.25) is 14.2 Å². The lowest BCUT2D eigenvalue weighted by molar-refractivity contribution is -0.116. The van der Waals surface area contributed by atoms with Gasteiger partial charge in [-0.1, -0.05) is 11.6 Å². The van der Waals surface area contributed by atoms with Crippen LogP contribution < -0.4 is 10.9 Å². The van der Waals surface area contributed by atoms with Crippen LogP contribution in [0.1, 0.15) is 24.1 Å². The normalized spacial score (nSPS) is 13.6. The Morgan fingerprint density at radius 1 is 1.21 bits per heavy atom. The van der Waals surface area contributed by atoms with Crippen LogP contribution in [0.2, 0.25) is 5.02 Å². The second kappa shape index (κ2) is 7.00. The maximum absolute atomic E-state index is 12.9. The number of aromatic nitrogens is 3. The zero-order chi connectivity index (χ0) is 20.0. The highest BCUT2D eigenvalue weighted by Crippen LogP contribution is 2.29. The summed E-state index contributed by atoms with van der Waals surface area (Å²) < 4.78 is 6.98. The molecule has 1 amide bonds. The smallest absolute Gasteiger partial charge is 0.297 e. The first kappa shape index (κ1) is 17.9. The fourth-order valence-corrected chi connectivity index (χ4v) is 3.84. The lowest BCUT2D eigenvalue weighted by atomic mass is 9.95. The van der Waals surface area contributed by atoms with Gasteiger partial charge < -0.3 is 9.73 Å². The molecule has 3 aromatic heterocycles. The van der Waals surface area contributed by atoms with Gasteiger partial charge in [0.2, 0.25) is 17.2 Å². The van der Waals surface area contributed by atoms with Crippen molar-refractivity contribution in [3.63, 3.8) is 0 Å². The van der Waals surface area contributed by atoms with Crippen LogP contribution in [-0.2, 0) is 24.2 Å². The predicted molar refractivity (Wildman–Crippen MR) is 110 cm³/mol. The molecular formula is C21H17ClN4O3. The highest BCUT2D eigenvalue weighted by atomic mass is 35.5. The summed E-state index contributed by atoms with van der Waals surface area (Å²) in [5.74, 6) is -0.347. The first-order chi connectivity index (χ1) is 14.1. The summed E-state index contributed by atoms with van der Waals surface area (Å²) in [5, 5.41) is 4.05. The maximum atomic E-state index is 12.9. The average molecular weight is 409 g/mol. The van der Waals surface area contributed by atoms with Crippen LogP contribution in [0.4, 0.5) is 5.69 Å². The Labute approximate surface area is 170 Å². The Morgan fingerprint density at radius 3 is 2.83 bits per heavy atom. The Balaban J connectivity index is 1.48. The molecule has 1 aliphatic carbocycles. The van der Waals surface area contributed by atoms with Gasteiger partial charge in [0.15, 0.2) is 0 Å². The van der Waals surface area contributed by atoms with Crippen molar-refractivity contribution < 1.29 is 9.21 Å². The molecule has 0 bridgehead atoms. The molecule has 0 unspecified atom stereocenters. The topological polar surface area (TPSA) is 90.0 Å². The molecule has 7 nitrogen and oxygen atoms in total. The molecule has 0 saturated heterocycles. The number of hydrogen-bond acceptors (Lipinski definition) is 5. The number of nitrogens with one attached hydrogen (secondary N) is 1. The van der Waals surface area contributed by atoms with Gasteiger partial charge in [-0.05, 0) is 61.6 Å². The summed E-state index contributed by atoms with van der Waals surface area (Å²) in [6, 6.07) is 8.77. The lowest BCUT2D eigenvalue weighted by Crippen LogP contribution is -2.27. The Hall–Kier alpha value is -3.19. The summed E-state index contributed by atoms with van der Waals surface area (Å²) in [7, 11) is 0. The van der Waals surface area contributed by atoms with E-state index in [1.165, 1.54) is 16.5 Å². The number of halogens is 1. The third kappa shape index (κ3) is 3.27. The van der Waals surface area contributed by atoms with Crippen molar-refractivity contribution in [2.75, 3.05) is 5.32 Å². The SMILES string of the molecule is O=C(Cn1cnc2c(oc3nc4c(cc32)CCCC4)c1=O)Nc1ccc(Cl)cc1. The van der Waals surface area contributed by atoms with E-state index in [-0.39, 0.29) is 18.0 Å². The number of anilines is 1. The first-order valence-corrected chi connectivity index (χ1v) is 9.82. The van der Waals surface area contributed by atoms with E-state index in [0.717, 1.165) is 36.8 Å². The molecule has 0 atom stereocenters. The molecule has 1 aliphatic rings. The quantitative estimate of drug-likeness (QED) is 0.558. The van der Waals surface area contributed by atoms with Gasteiger partial charge in [-0.25, -0.2) is 9.97 Å². The summed E-state index contributed by atoms with van der Waals surface area (Å²) >= 11 is 5.85. The number of hydrogen-bond donors (Lipinski definition) is 1. The molecule has 1 aromatic carbocycles. The molecule has 3 heterocycles. The molecule has 0 saturated carbocycles. The number of nitrogens with zero attached hydrogens (tertiary/aromatic N) is 3. The summed E-state index contributed by atoms with van der Waals surface area (Å²) in [5.41, 5.74) is 3.45. The van der Waals surface area contributed by atoms with E-state index < -0.39 is 5.56 Å². The average Bonchev–Trinajstić information content (AvgIpc) is 3.08. The molecule has 0 spiro atoms. The molecule has 4 aromatic rings. The maximum Gasteiger partial charge on any atom is 0.297 e. The van der Waals surface area contributed by atoms with Crippen molar-refractivity contribution in [3.8, 4) is 0 Å². The van der Waals surface area contributed by atoms with Crippen LogP contribution in [0, 0.1) is 0 Å². The first-order valence-electron chi connectivity index (χ1n) is 9.44. The van der Waals surface area contributed by atoms with Crippen molar-refractivity contribution in [2.24, 2.45) is 0 Å². The number of amides is 1. The number of benzene rings is 1. The van der Waals surface area contributed by atoms with Crippen LogP contribution in [0.5, 0.6) is 0 Å². The Bertz CT molecular complexity index is 1310. The number of carbonyl (C=O) groups excluding carboxylic acids is 1. The zero-order valence-electron chi connectivity index (χ0n) is 15.4. The molecule has 8 heteroatoms. The third-order valence-electron chi connectivity index (χ3n) is 5.16. The molecule has 146 valence electrons. The Morgan fingerprint density at radius 2 is 2.00 bits per heavy atom. The number of aryl methyl sites for hydroxylation is 2. The highest BCUT2D eigenvalue weighted by Gasteiger charge is 2.19. The van der Waals surface area contributed by atoms with Crippen molar-refractivity contribution in [1.82, 2.24) is 14.5 Å². The molecule has 0 aliphatic heterocycles. The van der Waals surface area contributed by atoms with Gasteiger partial charge in [0.05, 0.1) is 11.7 Å². The van der Waals surface area contributed by atoms with E-state index in [9.17, 15) is 9.59 Å². The fraction of sp³-hybridized carbons (Fsp3) is 0.238. The monoisotopic (exact) mass is 408 g/mol. The molecule has 1 N–H and O–H groups in total. The van der Waals surface area contributed by atoms with E-state index in [1.54, 1.807) is 24.3 Å². The van der Waals surface area contributed by atoms with E-state index in [0.29, 0.717) is 21.9 Å². The number of carbonyl (C=O) groups is 1. The summed E-state index contributed by atoms with van der Waals surface area (Å²) in [6.07, 6.45) is 5.52. The highest BCUT2D eigenvalue weighted by molar-refractivity contribution is 6.30. The second-order valence-corrected chi connectivity index (χ2v) is 7.60. The zero-order valence-corrected chi connectivity index (χ0v) is 16.2. The van der Waals surface area contributed by atoms with E-state index in [1.807, 2.05) is 6.07 Å². The van der Waals surface area contributed by atoms with Gasteiger partial charge >= 0.3 is 0 Å². The largest absolute Gasteiger partial charge is 0.430 e. The number of furan rings is 1. The van der Waals surface area contributed by atoms with Gasteiger partial charge in [-0.15, -0.1) is 0 Å². The fourth-order valence-electron chi connectivity index (χ4n) is 3.71. The standard InChI is InChI=1S/C21H17ClN4O3/c22-13-5-7-14(8-6-13)24-17(27)10-26-11-23-18-15-9-12-3-1-2-4-16(12)25-20(15)29-19(18)21(26)28/h5-9,11H,1-4,10H2,(H,24,27). The summed E-state index contributed by atoms with van der Waals surface area (Å²) in [6.45, 7) is -0.175. The minimum Gasteiger partial charge on any atom is -0.430 e. The lowest BCUT2D eigenvalue weighted by Gasteiger charge is -2.13. The van der Waals surface area contributed by atoms with Crippen LogP contribution in [0.15, 0.2) is 45.9 Å².